The molecule has 1 aromatic carbocycles. The van der Waals surface area contributed by atoms with Crippen molar-refractivity contribution in [2.75, 3.05) is 0 Å². The third-order valence-corrected chi connectivity index (χ3v) is 8.34. The highest BCUT2D eigenvalue weighted by Gasteiger charge is 2.73. The van der Waals surface area contributed by atoms with E-state index in [2.05, 4.69) is 6.08 Å². The first-order valence-corrected chi connectivity index (χ1v) is 13.3. The monoisotopic (exact) mass is 502 g/mol. The highest BCUT2D eigenvalue weighted by molar-refractivity contribution is 6.36. The van der Waals surface area contributed by atoms with Gasteiger partial charge in [0.25, 0.3) is 0 Å². The summed E-state index contributed by atoms with van der Waals surface area (Å²) in [7, 11) is 0. The fourth-order valence-corrected chi connectivity index (χ4v) is 5.97. The van der Waals surface area contributed by atoms with E-state index in [9.17, 15) is 19.5 Å². The van der Waals surface area contributed by atoms with Gasteiger partial charge in [-0.2, -0.15) is 0 Å². The molecule has 3 unspecified atom stereocenters. The molecule has 0 amide bonds. The average molecular weight is 503 g/mol. The third-order valence-electron chi connectivity index (χ3n) is 8.34. The van der Waals surface area contributed by atoms with Crippen LogP contribution in [0.25, 0.3) is 0 Å². The van der Waals surface area contributed by atoms with Gasteiger partial charge in [-0.3, -0.25) is 14.4 Å². The number of rotatable bonds is 8. The van der Waals surface area contributed by atoms with Crippen LogP contribution >= 0.6 is 0 Å². The van der Waals surface area contributed by atoms with Crippen LogP contribution in [0.5, 0.6) is 0 Å². The van der Waals surface area contributed by atoms with Crippen molar-refractivity contribution in [3.8, 4) is 0 Å². The zero-order valence-corrected chi connectivity index (χ0v) is 23.6. The van der Waals surface area contributed by atoms with Crippen molar-refractivity contribution in [2.24, 2.45) is 28.1 Å². The van der Waals surface area contributed by atoms with Crippen LogP contribution < -0.4 is 0 Å². The Morgan fingerprint density at radius 1 is 1.03 bits per heavy atom. The number of carbonyl (C=O) groups is 3. The number of allylic oxidation sites excluding steroid dienone is 7. The van der Waals surface area contributed by atoms with Crippen molar-refractivity contribution in [3.63, 3.8) is 0 Å². The molecule has 2 bridgehead atoms. The number of hydrogen-bond acceptors (Lipinski definition) is 4. The topological polar surface area (TPSA) is 71.4 Å². The summed E-state index contributed by atoms with van der Waals surface area (Å²) in [6.07, 6.45) is 8.61. The van der Waals surface area contributed by atoms with Crippen molar-refractivity contribution in [3.05, 3.63) is 82.7 Å². The maximum atomic E-state index is 14.8. The lowest BCUT2D eigenvalue weighted by molar-refractivity contribution is -0.159. The molecule has 0 spiro atoms. The van der Waals surface area contributed by atoms with Gasteiger partial charge in [0.2, 0.25) is 0 Å². The van der Waals surface area contributed by atoms with Crippen molar-refractivity contribution in [1.29, 1.82) is 0 Å². The minimum absolute atomic E-state index is 0.113. The first kappa shape index (κ1) is 28.6. The normalized spacial score (nSPS) is 27.0. The predicted molar refractivity (Wildman–Crippen MR) is 149 cm³/mol. The third kappa shape index (κ3) is 4.60. The molecule has 198 valence electrons. The van der Waals surface area contributed by atoms with Crippen LogP contribution in [0.4, 0.5) is 0 Å². The Balaban J connectivity index is 2.45. The summed E-state index contributed by atoms with van der Waals surface area (Å²) in [5.41, 5.74) is -1.48. The van der Waals surface area contributed by atoms with Gasteiger partial charge in [0.1, 0.15) is 11.2 Å². The van der Waals surface area contributed by atoms with Crippen LogP contribution in [0.2, 0.25) is 0 Å². The molecule has 1 saturated carbocycles. The largest absolute Gasteiger partial charge is 0.510 e. The fourth-order valence-electron chi connectivity index (χ4n) is 5.97. The van der Waals surface area contributed by atoms with Gasteiger partial charge in [-0.1, -0.05) is 93.5 Å². The lowest BCUT2D eigenvalue weighted by Crippen LogP contribution is -2.67. The van der Waals surface area contributed by atoms with Gasteiger partial charge in [-0.15, -0.1) is 0 Å². The predicted octanol–water partition coefficient (Wildman–Crippen LogP) is 7.78. The Bertz CT molecular complexity index is 1200. The highest BCUT2D eigenvalue weighted by atomic mass is 16.3. The lowest BCUT2D eigenvalue weighted by Gasteiger charge is -2.59. The van der Waals surface area contributed by atoms with Crippen molar-refractivity contribution in [1.82, 2.24) is 0 Å². The molecule has 4 heteroatoms. The van der Waals surface area contributed by atoms with Gasteiger partial charge in [0, 0.05) is 11.1 Å². The average Bonchev–Trinajstić information content (AvgIpc) is 2.82. The molecule has 1 aromatic rings. The van der Waals surface area contributed by atoms with Crippen LogP contribution in [0, 0.1) is 28.1 Å². The lowest BCUT2D eigenvalue weighted by atomic mass is 9.40. The molecule has 0 heterocycles. The summed E-state index contributed by atoms with van der Waals surface area (Å²) in [5, 5.41) is 11.9. The van der Waals surface area contributed by atoms with Gasteiger partial charge >= 0.3 is 0 Å². The summed E-state index contributed by atoms with van der Waals surface area (Å²) >= 11 is 0. The summed E-state index contributed by atoms with van der Waals surface area (Å²) in [5.74, 6) is -1.78. The van der Waals surface area contributed by atoms with Gasteiger partial charge in [0.15, 0.2) is 22.8 Å². The van der Waals surface area contributed by atoms with Crippen LogP contribution in [0.3, 0.4) is 0 Å². The van der Waals surface area contributed by atoms with E-state index in [-0.39, 0.29) is 36.0 Å². The maximum Gasteiger partial charge on any atom is 0.184 e. The first-order chi connectivity index (χ1) is 17.2. The minimum Gasteiger partial charge on any atom is -0.510 e. The Labute approximate surface area is 222 Å². The van der Waals surface area contributed by atoms with Gasteiger partial charge in [-0.25, -0.2) is 0 Å². The van der Waals surface area contributed by atoms with Crippen LogP contribution in [0.1, 0.15) is 85.0 Å². The van der Waals surface area contributed by atoms with E-state index in [4.69, 9.17) is 0 Å². The number of aliphatic hydroxyl groups is 1. The standard InChI is InChI=1S/C33H42O4/c1-21(2)14-16-25-20-32(27(34)24-12-10-9-11-13-24)28(35)26(17-15-22(3)4)29(36)33(30(32)37,31(25,7)8)19-18-23(5)6/h9-15,18-19,23,25,36H,16-17,20H2,1-8H3/b19-18+. The molecule has 0 saturated heterocycles. The molecule has 2 aliphatic rings. The molecule has 1 N–H and O–H groups in total. The summed E-state index contributed by atoms with van der Waals surface area (Å²) in [4.78, 5) is 43.4. The molecule has 3 rings (SSSR count). The number of aliphatic hydroxyl groups excluding tert-OH is 1. The molecule has 0 aromatic heterocycles. The molecular formula is C33H42O4. The van der Waals surface area contributed by atoms with E-state index in [0.717, 1.165) is 11.1 Å². The van der Waals surface area contributed by atoms with E-state index >= 15 is 0 Å². The highest BCUT2D eigenvalue weighted by Crippen LogP contribution is 2.65. The fraction of sp³-hybridized carbons (Fsp3) is 0.485. The second kappa shape index (κ2) is 10.4. The van der Waals surface area contributed by atoms with E-state index in [1.165, 1.54) is 0 Å². The smallest absolute Gasteiger partial charge is 0.184 e. The van der Waals surface area contributed by atoms with E-state index in [1.807, 2.05) is 73.6 Å². The minimum atomic E-state index is -1.88. The number of benzene rings is 1. The molecule has 1 fully saturated rings. The van der Waals surface area contributed by atoms with E-state index in [0.29, 0.717) is 12.0 Å². The van der Waals surface area contributed by atoms with Crippen LogP contribution in [0.15, 0.2) is 77.1 Å². The van der Waals surface area contributed by atoms with Gasteiger partial charge in [0.05, 0.1) is 0 Å². The zero-order chi connectivity index (χ0) is 27.8. The number of fused-ring (bicyclic) bond motifs is 2. The van der Waals surface area contributed by atoms with Crippen molar-refractivity contribution in [2.45, 2.75) is 74.7 Å². The summed E-state index contributed by atoms with van der Waals surface area (Å²) in [6, 6.07) is 8.64. The Hall–Kier alpha value is -3.01. The SMILES string of the molecule is CC(C)=CCC1=C(O)C2(/C=C/C(C)C)C(=O)C(C(=O)c3ccccc3)(CC(CC=C(C)C)C2(C)C)C1=O. The molecule has 2 aliphatic carbocycles. The van der Waals surface area contributed by atoms with E-state index < -0.39 is 33.6 Å². The molecule has 0 radical (unpaired) electrons. The van der Waals surface area contributed by atoms with Crippen LogP contribution in [-0.4, -0.2) is 22.5 Å². The molecule has 3 atom stereocenters. The van der Waals surface area contributed by atoms with E-state index in [1.54, 1.807) is 30.3 Å². The van der Waals surface area contributed by atoms with Crippen molar-refractivity contribution < 1.29 is 19.5 Å². The van der Waals surface area contributed by atoms with Crippen LogP contribution in [-0.2, 0) is 9.59 Å². The molecule has 37 heavy (non-hydrogen) atoms. The molecular weight excluding hydrogens is 460 g/mol. The number of hydrogen-bond donors (Lipinski definition) is 1. The Kier molecular flexibility index (Phi) is 8.02. The van der Waals surface area contributed by atoms with Gasteiger partial charge < -0.3 is 5.11 Å². The maximum absolute atomic E-state index is 14.8. The number of carbonyl (C=O) groups excluding carboxylic acids is 3. The Morgan fingerprint density at radius 3 is 2.16 bits per heavy atom. The Morgan fingerprint density at radius 2 is 1.62 bits per heavy atom. The van der Waals surface area contributed by atoms with Gasteiger partial charge in [-0.05, 0) is 64.2 Å². The summed E-state index contributed by atoms with van der Waals surface area (Å²) < 4.78 is 0. The zero-order valence-electron chi connectivity index (χ0n) is 23.6. The second-order valence-corrected chi connectivity index (χ2v) is 12.1. The number of Topliss-reactive ketones (excluding diaryl/α,β-unsaturated/α-hetero) is 3. The second-order valence-electron chi connectivity index (χ2n) is 12.1. The first-order valence-electron chi connectivity index (χ1n) is 13.3. The molecule has 4 nitrogen and oxygen atoms in total. The number of ketones is 3. The quantitative estimate of drug-likeness (QED) is 0.224. The van der Waals surface area contributed by atoms with Crippen molar-refractivity contribution >= 4 is 17.3 Å². The molecule has 0 aliphatic heterocycles. The summed E-state index contributed by atoms with van der Waals surface area (Å²) in [6.45, 7) is 15.9.